The summed E-state index contributed by atoms with van der Waals surface area (Å²) in [5.41, 5.74) is 2.80. The number of methoxy groups -OCH3 is 2. The number of hydrogen-bond donors (Lipinski definition) is 1. The highest BCUT2D eigenvalue weighted by Crippen LogP contribution is 2.39. The predicted molar refractivity (Wildman–Crippen MR) is 134 cm³/mol. The quantitative estimate of drug-likeness (QED) is 0.449. The van der Waals surface area contributed by atoms with E-state index < -0.39 is 0 Å². The van der Waals surface area contributed by atoms with E-state index in [0.29, 0.717) is 18.0 Å². The molecule has 1 aliphatic carbocycles. The van der Waals surface area contributed by atoms with Crippen molar-refractivity contribution in [3.05, 3.63) is 52.9 Å². The van der Waals surface area contributed by atoms with Crippen LogP contribution in [-0.2, 0) is 9.53 Å². The zero-order valence-corrected chi connectivity index (χ0v) is 20.9. The topological polar surface area (TPSA) is 80.2 Å². The number of hydrogen-bond acceptors (Lipinski definition) is 6. The van der Waals surface area contributed by atoms with E-state index in [0.717, 1.165) is 40.3 Å². The fourth-order valence-electron chi connectivity index (χ4n) is 4.46. The van der Waals surface area contributed by atoms with Gasteiger partial charge < -0.3 is 14.8 Å². The Morgan fingerprint density at radius 3 is 2.65 bits per heavy atom. The molecule has 4 rings (SSSR count). The first kappa shape index (κ1) is 24.2. The van der Waals surface area contributed by atoms with Crippen LogP contribution in [0.1, 0.15) is 41.9 Å². The van der Waals surface area contributed by atoms with Crippen molar-refractivity contribution in [3.63, 3.8) is 0 Å². The fourth-order valence-corrected chi connectivity index (χ4v) is 5.40. The van der Waals surface area contributed by atoms with Crippen molar-refractivity contribution in [1.29, 1.82) is 0 Å². The lowest BCUT2D eigenvalue weighted by Gasteiger charge is -2.38. The summed E-state index contributed by atoms with van der Waals surface area (Å²) in [4.78, 5) is 27.1. The summed E-state index contributed by atoms with van der Waals surface area (Å²) in [6.07, 6.45) is 5.78. The molecule has 34 heavy (non-hydrogen) atoms. The largest absolute Gasteiger partial charge is 0.496 e. The molecule has 0 fully saturated rings. The first-order valence-electron chi connectivity index (χ1n) is 11.6. The minimum absolute atomic E-state index is 0.0106. The highest BCUT2D eigenvalue weighted by Gasteiger charge is 2.40. The molecule has 2 amide bonds. The molecule has 0 radical (unpaired) electrons. The highest BCUT2D eigenvalue weighted by molar-refractivity contribution is 7.17. The summed E-state index contributed by atoms with van der Waals surface area (Å²) in [7, 11) is 3.25. The van der Waals surface area contributed by atoms with Gasteiger partial charge in [0.15, 0.2) is 0 Å². The van der Waals surface area contributed by atoms with Crippen LogP contribution in [0, 0.1) is 11.8 Å². The van der Waals surface area contributed by atoms with Gasteiger partial charge in [-0.25, -0.2) is 5.01 Å². The summed E-state index contributed by atoms with van der Waals surface area (Å²) in [6.45, 7) is 4.91. The fraction of sp³-hybridized carbons (Fsp3) is 0.423. The molecule has 7 nitrogen and oxygen atoms in total. The van der Waals surface area contributed by atoms with E-state index in [1.807, 2.05) is 38.1 Å². The summed E-state index contributed by atoms with van der Waals surface area (Å²) >= 11 is 1.42. The number of hydrazone groups is 1. The summed E-state index contributed by atoms with van der Waals surface area (Å²) in [5.74, 6) is 0.672. The number of carbonyl (C=O) groups is 2. The minimum Gasteiger partial charge on any atom is -0.496 e. The van der Waals surface area contributed by atoms with Crippen LogP contribution in [0.5, 0.6) is 5.75 Å². The van der Waals surface area contributed by atoms with Crippen LogP contribution in [0.4, 0.5) is 0 Å². The number of fused-ring (bicyclic) bond motifs is 1. The Hall–Kier alpha value is -2.97. The average molecular weight is 482 g/mol. The maximum atomic E-state index is 13.0. The van der Waals surface area contributed by atoms with Crippen molar-refractivity contribution in [2.75, 3.05) is 27.4 Å². The van der Waals surface area contributed by atoms with E-state index in [4.69, 9.17) is 14.6 Å². The number of rotatable bonds is 8. The first-order valence-corrected chi connectivity index (χ1v) is 12.4. The Balaban J connectivity index is 1.70. The molecule has 0 spiro atoms. The van der Waals surface area contributed by atoms with Gasteiger partial charge in [-0.1, -0.05) is 12.2 Å². The van der Waals surface area contributed by atoms with E-state index in [-0.39, 0.29) is 29.7 Å². The zero-order valence-electron chi connectivity index (χ0n) is 20.0. The second kappa shape index (κ2) is 10.5. The molecule has 0 bridgehead atoms. The van der Waals surface area contributed by atoms with Gasteiger partial charge in [0.25, 0.3) is 5.91 Å². The van der Waals surface area contributed by atoms with Gasteiger partial charge in [0, 0.05) is 36.1 Å². The van der Waals surface area contributed by atoms with Crippen LogP contribution in [0.15, 0.2) is 47.6 Å². The molecule has 8 heteroatoms. The third-order valence-electron chi connectivity index (χ3n) is 6.21. The third kappa shape index (κ3) is 4.79. The van der Waals surface area contributed by atoms with Crippen molar-refractivity contribution in [3.8, 4) is 16.2 Å². The standard InChI is InChI=1S/C26H31N3O4S/c1-16(2)29-26(31)19-8-6-5-7-18(19)24(28-29)17-9-10-21(33-4)20(15-17)22-11-12-23(34-22)25(30)27-13-14-32-3/h5-6,9-12,15-16,18-19H,7-8,13-14H2,1-4H3,(H,27,30)/t18-,19+/m0/s1. The molecular formula is C26H31N3O4S. The van der Waals surface area contributed by atoms with Crippen LogP contribution in [0.2, 0.25) is 0 Å². The maximum absolute atomic E-state index is 13.0. The van der Waals surface area contributed by atoms with E-state index in [9.17, 15) is 9.59 Å². The van der Waals surface area contributed by atoms with E-state index >= 15 is 0 Å². The minimum atomic E-state index is -0.122. The molecule has 1 aliphatic heterocycles. The molecule has 1 N–H and O–H groups in total. The molecule has 2 heterocycles. The normalized spacial score (nSPS) is 19.7. The Kier molecular flexibility index (Phi) is 7.48. The number of allylic oxidation sites excluding steroid dienone is 2. The van der Waals surface area contributed by atoms with Gasteiger partial charge in [0.1, 0.15) is 5.75 Å². The lowest BCUT2D eigenvalue weighted by Crippen LogP contribution is -2.47. The summed E-state index contributed by atoms with van der Waals surface area (Å²) in [5, 5.41) is 9.33. The molecule has 0 unspecified atom stereocenters. The predicted octanol–water partition coefficient (Wildman–Crippen LogP) is 4.34. The molecule has 0 saturated carbocycles. The molecule has 2 atom stereocenters. The molecule has 1 aromatic carbocycles. The van der Waals surface area contributed by atoms with Crippen molar-refractivity contribution in [2.45, 2.75) is 32.7 Å². The smallest absolute Gasteiger partial charge is 0.261 e. The van der Waals surface area contributed by atoms with Crippen LogP contribution in [0.25, 0.3) is 10.4 Å². The Bertz CT molecular complexity index is 1120. The van der Waals surface area contributed by atoms with Gasteiger partial charge in [-0.05, 0) is 62.6 Å². The summed E-state index contributed by atoms with van der Waals surface area (Å²) in [6, 6.07) is 9.78. The summed E-state index contributed by atoms with van der Waals surface area (Å²) < 4.78 is 10.7. The third-order valence-corrected chi connectivity index (χ3v) is 7.33. The molecule has 1 aromatic heterocycles. The van der Waals surface area contributed by atoms with Crippen LogP contribution >= 0.6 is 11.3 Å². The number of benzene rings is 1. The lowest BCUT2D eigenvalue weighted by atomic mass is 9.76. The number of thiophene rings is 1. The monoisotopic (exact) mass is 481 g/mol. The van der Waals surface area contributed by atoms with Crippen molar-refractivity contribution >= 4 is 28.9 Å². The highest BCUT2D eigenvalue weighted by atomic mass is 32.1. The van der Waals surface area contributed by atoms with Crippen LogP contribution < -0.4 is 10.1 Å². The number of carbonyl (C=O) groups excluding carboxylic acids is 2. The van der Waals surface area contributed by atoms with Gasteiger partial charge in [-0.15, -0.1) is 11.3 Å². The van der Waals surface area contributed by atoms with E-state index in [1.54, 1.807) is 19.2 Å². The lowest BCUT2D eigenvalue weighted by molar-refractivity contribution is -0.139. The van der Waals surface area contributed by atoms with Crippen LogP contribution in [-0.4, -0.2) is 55.9 Å². The van der Waals surface area contributed by atoms with Gasteiger partial charge in [0.2, 0.25) is 5.91 Å². The SMILES string of the molecule is COCCNC(=O)c1ccc(-c2cc(C3=NN(C(C)C)C(=O)[C@@H]4CC=CC[C@H]34)ccc2OC)s1. The molecule has 0 saturated heterocycles. The van der Waals surface area contributed by atoms with Gasteiger partial charge in [-0.2, -0.15) is 5.10 Å². The molecular weight excluding hydrogens is 450 g/mol. The molecule has 2 aromatic rings. The van der Waals surface area contributed by atoms with Gasteiger partial charge >= 0.3 is 0 Å². The van der Waals surface area contributed by atoms with Gasteiger partial charge in [-0.3, -0.25) is 9.59 Å². The van der Waals surface area contributed by atoms with Crippen molar-refractivity contribution < 1.29 is 19.1 Å². The number of nitrogens with zero attached hydrogens (tertiary/aromatic N) is 2. The second-order valence-electron chi connectivity index (χ2n) is 8.75. The van der Waals surface area contributed by atoms with Gasteiger partial charge in [0.05, 0.1) is 30.2 Å². The molecule has 180 valence electrons. The van der Waals surface area contributed by atoms with E-state index in [2.05, 4.69) is 23.5 Å². The Labute approximate surface area is 204 Å². The first-order chi connectivity index (χ1) is 16.4. The number of ether oxygens (including phenoxy) is 2. The zero-order chi connectivity index (χ0) is 24.2. The maximum Gasteiger partial charge on any atom is 0.261 e. The van der Waals surface area contributed by atoms with E-state index in [1.165, 1.54) is 11.3 Å². The number of amides is 2. The average Bonchev–Trinajstić information content (AvgIpc) is 3.34. The van der Waals surface area contributed by atoms with Crippen molar-refractivity contribution in [1.82, 2.24) is 10.3 Å². The van der Waals surface area contributed by atoms with Crippen molar-refractivity contribution in [2.24, 2.45) is 16.9 Å². The van der Waals surface area contributed by atoms with Crippen LogP contribution in [0.3, 0.4) is 0 Å². The Morgan fingerprint density at radius 1 is 1.18 bits per heavy atom. The molecule has 2 aliphatic rings. The second-order valence-corrected chi connectivity index (χ2v) is 9.83. The Morgan fingerprint density at radius 2 is 1.94 bits per heavy atom. The number of nitrogens with one attached hydrogen (secondary N) is 1.